The number of rotatable bonds is 6. The Kier molecular flexibility index (Phi) is 4.69. The zero-order chi connectivity index (χ0) is 16.4. The minimum Gasteiger partial charge on any atom is -0.339 e. The molecule has 2 fully saturated rings. The van der Waals surface area contributed by atoms with Gasteiger partial charge >= 0.3 is 0 Å². The number of nitrogens with zero attached hydrogens (tertiary/aromatic N) is 2. The fourth-order valence-electron chi connectivity index (χ4n) is 3.33. The smallest absolute Gasteiger partial charge is 0.228 e. The summed E-state index contributed by atoms with van der Waals surface area (Å²) in [7, 11) is 0. The monoisotopic (exact) mass is 314 g/mol. The Bertz CT molecular complexity index is 566. The fraction of sp³-hybridized carbons (Fsp3) is 0.579. The Morgan fingerprint density at radius 2 is 1.96 bits per heavy atom. The molecule has 0 aromatic heterocycles. The highest BCUT2D eigenvalue weighted by Gasteiger charge is 2.40. The molecule has 1 aliphatic carbocycles. The van der Waals surface area contributed by atoms with Gasteiger partial charge < -0.3 is 9.80 Å². The maximum absolute atomic E-state index is 12.9. The van der Waals surface area contributed by atoms with Gasteiger partial charge in [-0.3, -0.25) is 9.59 Å². The van der Waals surface area contributed by atoms with Crippen molar-refractivity contribution in [3.63, 3.8) is 0 Å². The summed E-state index contributed by atoms with van der Waals surface area (Å²) in [5, 5.41) is 0. The zero-order valence-corrected chi connectivity index (χ0v) is 14.1. The van der Waals surface area contributed by atoms with E-state index in [1.54, 1.807) is 0 Å². The molecule has 4 heteroatoms. The predicted molar refractivity (Wildman–Crippen MR) is 89.5 cm³/mol. The minimum atomic E-state index is -0.162. The van der Waals surface area contributed by atoms with Crippen LogP contribution in [0.15, 0.2) is 30.3 Å². The van der Waals surface area contributed by atoms with Crippen LogP contribution < -0.4 is 0 Å². The van der Waals surface area contributed by atoms with E-state index in [9.17, 15) is 9.59 Å². The molecule has 4 nitrogen and oxygen atoms in total. The second-order valence-electron chi connectivity index (χ2n) is 7.28. The first kappa shape index (κ1) is 16.0. The van der Waals surface area contributed by atoms with Crippen molar-refractivity contribution in [3.05, 3.63) is 35.9 Å². The summed E-state index contributed by atoms with van der Waals surface area (Å²) < 4.78 is 0. The van der Waals surface area contributed by atoms with E-state index >= 15 is 0 Å². The van der Waals surface area contributed by atoms with Gasteiger partial charge in [0.05, 0.1) is 5.92 Å². The summed E-state index contributed by atoms with van der Waals surface area (Å²) in [6.45, 7) is 6.27. The van der Waals surface area contributed by atoms with Gasteiger partial charge in [-0.25, -0.2) is 0 Å². The van der Waals surface area contributed by atoms with Crippen LogP contribution in [0.4, 0.5) is 0 Å². The molecule has 23 heavy (non-hydrogen) atoms. The van der Waals surface area contributed by atoms with Crippen LogP contribution in [0.5, 0.6) is 0 Å². The standard InChI is InChI=1S/C19H26N2O2/c1-14(2)11-21(17-8-9-17)19(23)16-10-18(22)20(13-16)12-15-6-4-3-5-7-15/h3-7,14,16-17H,8-13H2,1-2H3. The third-order valence-corrected chi connectivity index (χ3v) is 4.61. The largest absolute Gasteiger partial charge is 0.339 e. The van der Waals surface area contributed by atoms with Gasteiger partial charge in [-0.1, -0.05) is 44.2 Å². The van der Waals surface area contributed by atoms with E-state index in [0.717, 1.165) is 24.9 Å². The number of carbonyl (C=O) groups excluding carboxylic acids is 2. The lowest BCUT2D eigenvalue weighted by Gasteiger charge is -2.27. The van der Waals surface area contributed by atoms with Crippen LogP contribution in [0.3, 0.4) is 0 Å². The maximum Gasteiger partial charge on any atom is 0.228 e. The quantitative estimate of drug-likeness (QED) is 0.810. The first-order valence-corrected chi connectivity index (χ1v) is 8.66. The zero-order valence-electron chi connectivity index (χ0n) is 14.1. The second kappa shape index (κ2) is 6.73. The Morgan fingerprint density at radius 1 is 1.26 bits per heavy atom. The summed E-state index contributed by atoms with van der Waals surface area (Å²) in [6, 6.07) is 10.4. The van der Waals surface area contributed by atoms with Gasteiger partial charge in [-0.2, -0.15) is 0 Å². The number of carbonyl (C=O) groups is 2. The van der Waals surface area contributed by atoms with Crippen molar-refractivity contribution in [1.82, 2.24) is 9.80 Å². The molecule has 1 atom stereocenters. The van der Waals surface area contributed by atoms with Gasteiger partial charge in [-0.05, 0) is 24.3 Å². The first-order chi connectivity index (χ1) is 11.0. The Morgan fingerprint density at radius 3 is 2.57 bits per heavy atom. The molecule has 0 radical (unpaired) electrons. The third kappa shape index (κ3) is 3.92. The van der Waals surface area contributed by atoms with Crippen molar-refractivity contribution in [3.8, 4) is 0 Å². The normalized spacial score (nSPS) is 21.1. The molecule has 1 saturated carbocycles. The Labute approximate surface area is 138 Å². The van der Waals surface area contributed by atoms with E-state index in [0.29, 0.717) is 31.5 Å². The summed E-state index contributed by atoms with van der Waals surface area (Å²) in [6.07, 6.45) is 2.60. The number of hydrogen-bond donors (Lipinski definition) is 0. The van der Waals surface area contributed by atoms with Crippen molar-refractivity contribution in [2.75, 3.05) is 13.1 Å². The van der Waals surface area contributed by atoms with Crippen LogP contribution in [0, 0.1) is 11.8 Å². The van der Waals surface area contributed by atoms with Gasteiger partial charge in [0.25, 0.3) is 0 Å². The third-order valence-electron chi connectivity index (χ3n) is 4.61. The van der Waals surface area contributed by atoms with Crippen molar-refractivity contribution >= 4 is 11.8 Å². The molecule has 0 N–H and O–H groups in total. The van der Waals surface area contributed by atoms with Gasteiger partial charge in [-0.15, -0.1) is 0 Å². The van der Waals surface area contributed by atoms with E-state index in [1.807, 2.05) is 40.1 Å². The van der Waals surface area contributed by atoms with Crippen molar-refractivity contribution < 1.29 is 9.59 Å². The van der Waals surface area contributed by atoms with Gasteiger partial charge in [0.15, 0.2) is 0 Å². The van der Waals surface area contributed by atoms with E-state index in [2.05, 4.69) is 13.8 Å². The highest BCUT2D eigenvalue weighted by atomic mass is 16.2. The summed E-state index contributed by atoms with van der Waals surface area (Å²) in [5.41, 5.74) is 1.12. The minimum absolute atomic E-state index is 0.104. The van der Waals surface area contributed by atoms with Gasteiger partial charge in [0.1, 0.15) is 0 Å². The molecule has 1 saturated heterocycles. The molecule has 2 amide bonds. The van der Waals surface area contributed by atoms with Crippen LogP contribution in [-0.2, 0) is 16.1 Å². The lowest BCUT2D eigenvalue weighted by atomic mass is 10.1. The van der Waals surface area contributed by atoms with E-state index < -0.39 is 0 Å². The van der Waals surface area contributed by atoms with E-state index in [-0.39, 0.29) is 17.7 Å². The Hall–Kier alpha value is -1.84. The molecule has 1 aromatic carbocycles. The lowest BCUT2D eigenvalue weighted by molar-refractivity contribution is -0.137. The van der Waals surface area contributed by atoms with Crippen LogP contribution in [0.1, 0.15) is 38.7 Å². The summed E-state index contributed by atoms with van der Waals surface area (Å²) >= 11 is 0. The van der Waals surface area contributed by atoms with Crippen molar-refractivity contribution in [1.29, 1.82) is 0 Å². The SMILES string of the molecule is CC(C)CN(C(=O)C1CC(=O)N(Cc2ccccc2)C1)C1CC1. The number of benzene rings is 1. The topological polar surface area (TPSA) is 40.6 Å². The van der Waals surface area contributed by atoms with Crippen LogP contribution in [0.2, 0.25) is 0 Å². The molecule has 1 heterocycles. The van der Waals surface area contributed by atoms with Gasteiger partial charge in [0.2, 0.25) is 11.8 Å². The van der Waals surface area contributed by atoms with Crippen LogP contribution >= 0.6 is 0 Å². The fourth-order valence-corrected chi connectivity index (χ4v) is 3.33. The molecule has 1 unspecified atom stereocenters. The number of likely N-dealkylation sites (tertiary alicyclic amines) is 1. The predicted octanol–water partition coefficient (Wildman–Crippen LogP) is 2.68. The highest BCUT2D eigenvalue weighted by molar-refractivity contribution is 5.89. The van der Waals surface area contributed by atoms with E-state index in [4.69, 9.17) is 0 Å². The molecule has 1 aliphatic heterocycles. The Balaban J connectivity index is 1.63. The lowest BCUT2D eigenvalue weighted by Crippen LogP contribution is -2.41. The molecule has 3 rings (SSSR count). The highest BCUT2D eigenvalue weighted by Crippen LogP contribution is 2.31. The average molecular weight is 314 g/mol. The number of amides is 2. The van der Waals surface area contributed by atoms with E-state index in [1.165, 1.54) is 0 Å². The molecule has 124 valence electrons. The molecular weight excluding hydrogens is 288 g/mol. The van der Waals surface area contributed by atoms with Crippen LogP contribution in [0.25, 0.3) is 0 Å². The molecule has 0 bridgehead atoms. The van der Waals surface area contributed by atoms with Crippen molar-refractivity contribution in [2.45, 2.75) is 45.7 Å². The summed E-state index contributed by atoms with van der Waals surface area (Å²) in [4.78, 5) is 29.0. The molecular formula is C19H26N2O2. The maximum atomic E-state index is 12.9. The molecule has 0 spiro atoms. The van der Waals surface area contributed by atoms with Crippen molar-refractivity contribution in [2.24, 2.45) is 11.8 Å². The number of hydrogen-bond acceptors (Lipinski definition) is 2. The second-order valence-corrected chi connectivity index (χ2v) is 7.28. The van der Waals surface area contributed by atoms with Crippen LogP contribution in [-0.4, -0.2) is 40.7 Å². The molecule has 1 aromatic rings. The molecule has 2 aliphatic rings. The average Bonchev–Trinajstić information content (AvgIpc) is 3.30. The first-order valence-electron chi connectivity index (χ1n) is 8.66. The summed E-state index contributed by atoms with van der Waals surface area (Å²) in [5.74, 6) is 0.597. The van der Waals surface area contributed by atoms with Gasteiger partial charge in [0, 0.05) is 32.1 Å².